The minimum Gasteiger partial charge on any atom is -0.444 e. The van der Waals surface area contributed by atoms with Crippen LogP contribution in [0.5, 0.6) is 0 Å². The van der Waals surface area contributed by atoms with Gasteiger partial charge in [0, 0.05) is 28.5 Å². The Morgan fingerprint density at radius 2 is 1.71 bits per heavy atom. The predicted molar refractivity (Wildman–Crippen MR) is 173 cm³/mol. The van der Waals surface area contributed by atoms with Gasteiger partial charge in [-0.2, -0.15) is 0 Å². The summed E-state index contributed by atoms with van der Waals surface area (Å²) < 4.78 is 6.40. The second kappa shape index (κ2) is 12.5. The number of nitrogens with zero attached hydrogens (tertiary/aromatic N) is 1. The molecule has 0 atom stereocenters. The standard InChI is InChI=1S/C33H37N5O3S/c1-7-33(8-2,38-31(40)41-32(4,5)6)17-16-23-19-35-29(34)27-26(20-42-28(23)27)22-12-14-24(15-13-22)36-30(39)37-25-11-9-10-21(3)18-25/h9-15,18-20H,7-8H2,1-6H3,(H2,34,35)(H,38,40)(H2,36,37,39). The normalized spacial score (nSPS) is 11.4. The van der Waals surface area contributed by atoms with Crippen LogP contribution >= 0.6 is 11.3 Å². The topological polar surface area (TPSA) is 118 Å². The number of carbonyl (C=O) groups is 2. The quantitative estimate of drug-likeness (QED) is 0.172. The molecule has 0 saturated carbocycles. The highest BCUT2D eigenvalue weighted by Gasteiger charge is 2.28. The van der Waals surface area contributed by atoms with E-state index in [9.17, 15) is 9.59 Å². The molecule has 8 nitrogen and oxygen atoms in total. The summed E-state index contributed by atoms with van der Waals surface area (Å²) in [7, 11) is 0. The molecule has 218 valence electrons. The number of pyridine rings is 1. The van der Waals surface area contributed by atoms with E-state index in [-0.39, 0.29) is 6.03 Å². The number of hydrogen-bond acceptors (Lipinski definition) is 6. The van der Waals surface area contributed by atoms with Gasteiger partial charge in [-0.15, -0.1) is 11.3 Å². The van der Waals surface area contributed by atoms with Gasteiger partial charge in [-0.1, -0.05) is 50.0 Å². The van der Waals surface area contributed by atoms with E-state index in [4.69, 9.17) is 10.5 Å². The molecular formula is C33H37N5O3S. The highest BCUT2D eigenvalue weighted by molar-refractivity contribution is 7.18. The fourth-order valence-corrected chi connectivity index (χ4v) is 5.49. The number of fused-ring (bicyclic) bond motifs is 1. The number of alkyl carbamates (subject to hydrolysis) is 1. The summed E-state index contributed by atoms with van der Waals surface area (Å²) in [5.41, 5.74) is 10.1. The fourth-order valence-electron chi connectivity index (χ4n) is 4.44. The summed E-state index contributed by atoms with van der Waals surface area (Å²) in [4.78, 5) is 29.4. The Hall–Kier alpha value is -4.55. The summed E-state index contributed by atoms with van der Waals surface area (Å²) in [5, 5.41) is 11.5. The molecule has 0 bridgehead atoms. The Bertz CT molecular complexity index is 1660. The summed E-state index contributed by atoms with van der Waals surface area (Å²) in [6.07, 6.45) is 2.40. The molecular weight excluding hydrogens is 546 g/mol. The number of benzene rings is 2. The van der Waals surface area contributed by atoms with Crippen molar-refractivity contribution < 1.29 is 14.3 Å². The molecule has 0 radical (unpaired) electrons. The van der Waals surface area contributed by atoms with Gasteiger partial charge >= 0.3 is 12.1 Å². The molecule has 2 heterocycles. The average Bonchev–Trinajstić information content (AvgIpc) is 3.38. The van der Waals surface area contributed by atoms with Gasteiger partial charge in [-0.3, -0.25) is 0 Å². The van der Waals surface area contributed by atoms with Crippen LogP contribution in [-0.4, -0.2) is 28.2 Å². The van der Waals surface area contributed by atoms with Crippen LogP contribution in [0.3, 0.4) is 0 Å². The molecule has 0 fully saturated rings. The van der Waals surface area contributed by atoms with Gasteiger partial charge in [0.25, 0.3) is 0 Å². The zero-order chi connectivity index (χ0) is 30.5. The number of nitrogen functional groups attached to an aromatic ring is 1. The number of nitrogens with two attached hydrogens (primary N) is 1. The molecule has 2 aromatic heterocycles. The monoisotopic (exact) mass is 583 g/mol. The van der Waals surface area contributed by atoms with Gasteiger partial charge in [0.2, 0.25) is 0 Å². The van der Waals surface area contributed by atoms with Crippen molar-refractivity contribution in [1.29, 1.82) is 0 Å². The Kier molecular flexibility index (Phi) is 9.08. The lowest BCUT2D eigenvalue weighted by molar-refractivity contribution is 0.0477. The molecule has 4 rings (SSSR count). The van der Waals surface area contributed by atoms with E-state index in [2.05, 4.69) is 32.8 Å². The van der Waals surface area contributed by atoms with Crippen LogP contribution in [0.2, 0.25) is 0 Å². The van der Waals surface area contributed by atoms with Crippen LogP contribution in [0.15, 0.2) is 60.1 Å². The highest BCUT2D eigenvalue weighted by Crippen LogP contribution is 2.38. The maximum atomic E-state index is 12.5. The number of aryl methyl sites for hydroxylation is 1. The van der Waals surface area contributed by atoms with Crippen molar-refractivity contribution in [3.63, 3.8) is 0 Å². The molecule has 0 aliphatic heterocycles. The van der Waals surface area contributed by atoms with Gasteiger partial charge < -0.3 is 26.4 Å². The minimum absolute atomic E-state index is 0.317. The number of anilines is 3. The molecule has 42 heavy (non-hydrogen) atoms. The summed E-state index contributed by atoms with van der Waals surface area (Å²) in [6, 6.07) is 14.9. The first kappa shape index (κ1) is 30.4. The predicted octanol–water partition coefficient (Wildman–Crippen LogP) is 7.93. The molecule has 0 unspecified atom stereocenters. The molecule has 4 aromatic rings. The van der Waals surface area contributed by atoms with E-state index in [0.29, 0.717) is 24.3 Å². The number of ether oxygens (including phenoxy) is 1. The smallest absolute Gasteiger partial charge is 0.408 e. The number of aromatic nitrogens is 1. The van der Waals surface area contributed by atoms with E-state index in [1.807, 2.05) is 95.5 Å². The first-order valence-corrected chi connectivity index (χ1v) is 14.7. The molecule has 3 amide bonds. The maximum Gasteiger partial charge on any atom is 0.408 e. The third-order valence-corrected chi connectivity index (χ3v) is 7.75. The van der Waals surface area contributed by atoms with Crippen LogP contribution in [0.4, 0.5) is 26.8 Å². The number of thiophene rings is 1. The van der Waals surface area contributed by atoms with Crippen LogP contribution in [-0.2, 0) is 4.74 Å². The Balaban J connectivity index is 1.57. The van der Waals surface area contributed by atoms with Crippen molar-refractivity contribution in [2.24, 2.45) is 0 Å². The second-order valence-corrected chi connectivity index (χ2v) is 12.0. The largest absolute Gasteiger partial charge is 0.444 e. The Morgan fingerprint density at radius 1 is 1.02 bits per heavy atom. The summed E-state index contributed by atoms with van der Waals surface area (Å²) in [5.74, 6) is 6.96. The number of urea groups is 1. The van der Waals surface area contributed by atoms with Crippen LogP contribution in [0.1, 0.15) is 58.6 Å². The van der Waals surface area contributed by atoms with Crippen molar-refractivity contribution in [2.45, 2.75) is 65.5 Å². The molecule has 5 N–H and O–H groups in total. The number of hydrogen-bond donors (Lipinski definition) is 4. The van der Waals surface area contributed by atoms with Gasteiger partial charge in [0.05, 0.1) is 10.3 Å². The average molecular weight is 584 g/mol. The van der Waals surface area contributed by atoms with Crippen LogP contribution in [0, 0.1) is 18.8 Å². The van der Waals surface area contributed by atoms with E-state index in [1.54, 1.807) is 17.5 Å². The van der Waals surface area contributed by atoms with Crippen molar-refractivity contribution in [1.82, 2.24) is 10.3 Å². The van der Waals surface area contributed by atoms with Gasteiger partial charge in [0.15, 0.2) is 0 Å². The zero-order valence-electron chi connectivity index (χ0n) is 24.8. The Labute approximate surface area is 251 Å². The van der Waals surface area contributed by atoms with Crippen molar-refractivity contribution in [3.05, 3.63) is 71.2 Å². The van der Waals surface area contributed by atoms with E-state index < -0.39 is 17.2 Å². The lowest BCUT2D eigenvalue weighted by atomic mass is 9.93. The number of nitrogens with one attached hydrogen (secondary N) is 3. The molecule has 0 spiro atoms. The first-order valence-electron chi connectivity index (χ1n) is 13.9. The van der Waals surface area contributed by atoms with Gasteiger partial charge in [-0.25, -0.2) is 14.6 Å². The fraction of sp³-hybridized carbons (Fsp3) is 0.303. The first-order chi connectivity index (χ1) is 19.9. The van der Waals surface area contributed by atoms with E-state index in [0.717, 1.165) is 38.0 Å². The molecule has 0 aliphatic carbocycles. The third-order valence-electron chi connectivity index (χ3n) is 6.74. The molecule has 9 heteroatoms. The Morgan fingerprint density at radius 3 is 2.36 bits per heavy atom. The molecule has 2 aromatic carbocycles. The molecule has 0 saturated heterocycles. The SMILES string of the molecule is CCC(C#Cc1cnc(N)c2c(-c3ccc(NC(=O)Nc4cccc(C)c4)cc3)csc12)(CC)NC(=O)OC(C)(C)C. The maximum absolute atomic E-state index is 12.5. The van der Waals surface area contributed by atoms with Crippen molar-refractivity contribution in [2.75, 3.05) is 16.4 Å². The lowest BCUT2D eigenvalue weighted by Gasteiger charge is -2.29. The van der Waals surface area contributed by atoms with Crippen LogP contribution < -0.4 is 21.7 Å². The lowest BCUT2D eigenvalue weighted by Crippen LogP contribution is -2.48. The highest BCUT2D eigenvalue weighted by atomic mass is 32.1. The van der Waals surface area contributed by atoms with E-state index in [1.165, 1.54) is 0 Å². The minimum atomic E-state index is -0.745. The van der Waals surface area contributed by atoms with Crippen LogP contribution in [0.25, 0.3) is 21.2 Å². The van der Waals surface area contributed by atoms with Crippen molar-refractivity contribution in [3.8, 4) is 23.0 Å². The number of rotatable bonds is 6. The van der Waals surface area contributed by atoms with Gasteiger partial charge in [-0.05, 0) is 81.3 Å². The van der Waals surface area contributed by atoms with E-state index >= 15 is 0 Å². The number of amides is 3. The van der Waals surface area contributed by atoms with Crippen molar-refractivity contribution >= 4 is 50.7 Å². The third kappa shape index (κ3) is 7.39. The number of carbonyl (C=O) groups excluding carboxylic acids is 2. The second-order valence-electron chi connectivity index (χ2n) is 11.1. The van der Waals surface area contributed by atoms with Gasteiger partial charge in [0.1, 0.15) is 17.0 Å². The zero-order valence-corrected chi connectivity index (χ0v) is 25.7. The summed E-state index contributed by atoms with van der Waals surface area (Å²) >= 11 is 1.54. The summed E-state index contributed by atoms with van der Waals surface area (Å²) in [6.45, 7) is 11.4. The molecule has 0 aliphatic rings.